The quantitative estimate of drug-likeness (QED) is 0.708. The predicted molar refractivity (Wildman–Crippen MR) is 83.1 cm³/mol. The van der Waals surface area contributed by atoms with E-state index >= 15 is 0 Å². The Labute approximate surface area is 126 Å². The highest BCUT2D eigenvalue weighted by Crippen LogP contribution is 2.29. The molecule has 116 valence electrons. The lowest BCUT2D eigenvalue weighted by atomic mass is 10.1. The first-order valence-electron chi connectivity index (χ1n) is 8.03. The van der Waals surface area contributed by atoms with E-state index in [1.165, 1.54) is 25.7 Å². The standard InChI is InChI=1S/C17H25FN2O/c1-20(9-10-21-12-13-5-6-13)17-4-2-3-16(18)15(17)11-19-14-7-8-14/h2-4,13-14,19H,5-12H2,1H3. The van der Waals surface area contributed by atoms with Gasteiger partial charge in [-0.15, -0.1) is 0 Å². The second kappa shape index (κ2) is 6.75. The van der Waals surface area contributed by atoms with Gasteiger partial charge in [0.1, 0.15) is 5.82 Å². The molecule has 1 aromatic rings. The van der Waals surface area contributed by atoms with Gasteiger partial charge in [-0.2, -0.15) is 0 Å². The molecular formula is C17H25FN2O. The number of rotatable bonds is 9. The Balaban J connectivity index is 1.54. The summed E-state index contributed by atoms with van der Waals surface area (Å²) in [6, 6.07) is 5.91. The van der Waals surface area contributed by atoms with Crippen LogP contribution in [0, 0.1) is 11.7 Å². The monoisotopic (exact) mass is 292 g/mol. The molecule has 0 heterocycles. The number of nitrogens with zero attached hydrogens (tertiary/aromatic N) is 1. The largest absolute Gasteiger partial charge is 0.379 e. The average Bonchev–Trinajstić information content (AvgIpc) is 3.36. The number of nitrogens with one attached hydrogen (secondary N) is 1. The van der Waals surface area contributed by atoms with Gasteiger partial charge in [-0.25, -0.2) is 4.39 Å². The Morgan fingerprint density at radius 2 is 2.10 bits per heavy atom. The van der Waals surface area contributed by atoms with E-state index in [9.17, 15) is 4.39 Å². The molecule has 4 heteroatoms. The molecule has 0 bridgehead atoms. The maximum atomic E-state index is 14.1. The minimum absolute atomic E-state index is 0.119. The van der Waals surface area contributed by atoms with Gasteiger partial charge in [0.2, 0.25) is 0 Å². The first-order chi connectivity index (χ1) is 10.2. The van der Waals surface area contributed by atoms with E-state index in [2.05, 4.69) is 10.2 Å². The molecule has 2 saturated carbocycles. The van der Waals surface area contributed by atoms with E-state index in [0.29, 0.717) is 19.2 Å². The smallest absolute Gasteiger partial charge is 0.129 e. The van der Waals surface area contributed by atoms with Gasteiger partial charge in [-0.1, -0.05) is 6.07 Å². The molecule has 0 saturated heterocycles. The van der Waals surface area contributed by atoms with Crippen molar-refractivity contribution in [2.45, 2.75) is 38.3 Å². The molecule has 2 aliphatic rings. The zero-order valence-electron chi connectivity index (χ0n) is 12.8. The molecule has 0 amide bonds. The Bertz CT molecular complexity index is 472. The minimum Gasteiger partial charge on any atom is -0.379 e. The Morgan fingerprint density at radius 3 is 2.81 bits per heavy atom. The number of anilines is 1. The summed E-state index contributed by atoms with van der Waals surface area (Å²) in [6.45, 7) is 3.00. The van der Waals surface area contributed by atoms with Crippen molar-refractivity contribution in [3.8, 4) is 0 Å². The molecule has 2 fully saturated rings. The van der Waals surface area contributed by atoms with Crippen molar-refractivity contribution in [1.29, 1.82) is 0 Å². The van der Waals surface area contributed by atoms with E-state index in [-0.39, 0.29) is 5.82 Å². The Kier molecular flexibility index (Phi) is 4.76. The molecular weight excluding hydrogens is 267 g/mol. The van der Waals surface area contributed by atoms with Crippen molar-refractivity contribution in [1.82, 2.24) is 5.32 Å². The number of halogens is 1. The molecule has 2 aliphatic carbocycles. The number of hydrogen-bond acceptors (Lipinski definition) is 3. The number of ether oxygens (including phenoxy) is 1. The molecule has 0 unspecified atom stereocenters. The van der Waals surface area contributed by atoms with Crippen LogP contribution in [0.2, 0.25) is 0 Å². The normalized spacial score (nSPS) is 18.0. The van der Waals surface area contributed by atoms with E-state index in [1.54, 1.807) is 12.1 Å². The maximum absolute atomic E-state index is 14.1. The Hall–Kier alpha value is -1.13. The number of hydrogen-bond donors (Lipinski definition) is 1. The van der Waals surface area contributed by atoms with E-state index in [4.69, 9.17) is 4.74 Å². The van der Waals surface area contributed by atoms with Gasteiger partial charge in [-0.05, 0) is 43.7 Å². The van der Waals surface area contributed by atoms with Crippen LogP contribution in [0.5, 0.6) is 0 Å². The highest BCUT2D eigenvalue weighted by atomic mass is 19.1. The third-order valence-corrected chi connectivity index (χ3v) is 4.27. The van der Waals surface area contributed by atoms with Gasteiger partial charge in [0, 0.05) is 44.0 Å². The topological polar surface area (TPSA) is 24.5 Å². The zero-order valence-corrected chi connectivity index (χ0v) is 12.8. The highest BCUT2D eigenvalue weighted by Gasteiger charge is 2.22. The van der Waals surface area contributed by atoms with Crippen molar-refractivity contribution >= 4 is 5.69 Å². The van der Waals surface area contributed by atoms with Crippen molar-refractivity contribution < 1.29 is 9.13 Å². The van der Waals surface area contributed by atoms with Crippen LogP contribution < -0.4 is 10.2 Å². The zero-order chi connectivity index (χ0) is 14.7. The first-order valence-corrected chi connectivity index (χ1v) is 8.03. The van der Waals surface area contributed by atoms with Crippen LogP contribution in [0.1, 0.15) is 31.2 Å². The van der Waals surface area contributed by atoms with E-state index in [1.807, 2.05) is 13.1 Å². The molecule has 3 rings (SSSR count). The minimum atomic E-state index is -0.119. The summed E-state index contributed by atoms with van der Waals surface area (Å²) in [5.41, 5.74) is 1.74. The lowest BCUT2D eigenvalue weighted by Crippen LogP contribution is -2.26. The number of benzene rings is 1. The highest BCUT2D eigenvalue weighted by molar-refractivity contribution is 5.53. The van der Waals surface area contributed by atoms with Crippen molar-refractivity contribution in [2.24, 2.45) is 5.92 Å². The molecule has 0 spiro atoms. The van der Waals surface area contributed by atoms with Gasteiger partial charge < -0.3 is 15.0 Å². The van der Waals surface area contributed by atoms with Crippen LogP contribution in [0.3, 0.4) is 0 Å². The predicted octanol–water partition coefficient (Wildman–Crippen LogP) is 2.94. The van der Waals surface area contributed by atoms with Gasteiger partial charge in [0.15, 0.2) is 0 Å². The van der Waals surface area contributed by atoms with Gasteiger partial charge >= 0.3 is 0 Å². The summed E-state index contributed by atoms with van der Waals surface area (Å²) in [4.78, 5) is 2.10. The SMILES string of the molecule is CN(CCOCC1CC1)c1cccc(F)c1CNC1CC1. The second-order valence-electron chi connectivity index (χ2n) is 6.33. The van der Waals surface area contributed by atoms with Gasteiger partial charge in [0.05, 0.1) is 6.61 Å². The maximum Gasteiger partial charge on any atom is 0.129 e. The number of likely N-dealkylation sites (N-methyl/N-ethyl adjacent to an activating group) is 1. The third kappa shape index (κ3) is 4.42. The van der Waals surface area contributed by atoms with Crippen molar-refractivity contribution in [2.75, 3.05) is 31.7 Å². The Morgan fingerprint density at radius 1 is 1.29 bits per heavy atom. The molecule has 1 aromatic carbocycles. The van der Waals surface area contributed by atoms with Crippen LogP contribution in [0.25, 0.3) is 0 Å². The van der Waals surface area contributed by atoms with Gasteiger partial charge in [-0.3, -0.25) is 0 Å². The summed E-state index contributed by atoms with van der Waals surface area (Å²) < 4.78 is 19.8. The van der Waals surface area contributed by atoms with Crippen LogP contribution >= 0.6 is 0 Å². The third-order valence-electron chi connectivity index (χ3n) is 4.27. The fourth-order valence-electron chi connectivity index (χ4n) is 2.47. The fourth-order valence-corrected chi connectivity index (χ4v) is 2.47. The van der Waals surface area contributed by atoms with Crippen LogP contribution in [-0.4, -0.2) is 32.8 Å². The van der Waals surface area contributed by atoms with Crippen molar-refractivity contribution in [3.05, 3.63) is 29.6 Å². The van der Waals surface area contributed by atoms with Crippen LogP contribution in [0.4, 0.5) is 10.1 Å². The molecule has 21 heavy (non-hydrogen) atoms. The summed E-state index contributed by atoms with van der Waals surface area (Å²) in [5, 5.41) is 3.40. The van der Waals surface area contributed by atoms with Crippen LogP contribution in [0.15, 0.2) is 18.2 Å². The lowest BCUT2D eigenvalue weighted by molar-refractivity contribution is 0.131. The molecule has 1 N–H and O–H groups in total. The fraction of sp³-hybridized carbons (Fsp3) is 0.647. The molecule has 0 aromatic heterocycles. The van der Waals surface area contributed by atoms with Crippen LogP contribution in [-0.2, 0) is 11.3 Å². The first kappa shape index (κ1) is 14.8. The molecule has 0 aliphatic heterocycles. The summed E-state index contributed by atoms with van der Waals surface area (Å²) in [5.74, 6) is 0.675. The molecule has 0 radical (unpaired) electrons. The van der Waals surface area contributed by atoms with Gasteiger partial charge in [0.25, 0.3) is 0 Å². The lowest BCUT2D eigenvalue weighted by Gasteiger charge is -2.23. The average molecular weight is 292 g/mol. The summed E-state index contributed by atoms with van der Waals surface area (Å²) in [7, 11) is 2.01. The second-order valence-corrected chi connectivity index (χ2v) is 6.33. The summed E-state index contributed by atoms with van der Waals surface area (Å²) >= 11 is 0. The molecule has 3 nitrogen and oxygen atoms in total. The van der Waals surface area contributed by atoms with E-state index < -0.39 is 0 Å². The molecule has 0 atom stereocenters. The van der Waals surface area contributed by atoms with Crippen molar-refractivity contribution in [3.63, 3.8) is 0 Å². The van der Waals surface area contributed by atoms with E-state index in [0.717, 1.165) is 30.3 Å². The summed E-state index contributed by atoms with van der Waals surface area (Å²) in [6.07, 6.45) is 5.07.